The number of fused-ring (bicyclic) bond motifs is 3. The highest BCUT2D eigenvalue weighted by Gasteiger charge is 2.15. The maximum absolute atomic E-state index is 12.3. The summed E-state index contributed by atoms with van der Waals surface area (Å²) in [5, 5.41) is 0. The monoisotopic (exact) mass is 338 g/mol. The Hall–Kier alpha value is -3.16. The molecule has 0 amide bonds. The molecule has 3 aromatic heterocycles. The first kappa shape index (κ1) is 15.4. The average molecular weight is 338 g/mol. The molecule has 8 nitrogen and oxygen atoms in total. The number of nitrogens with two attached hydrogens (primary N) is 1. The van der Waals surface area contributed by atoms with Gasteiger partial charge in [0, 0.05) is 5.69 Å². The van der Waals surface area contributed by atoms with Crippen LogP contribution in [-0.2, 0) is 13.0 Å². The van der Waals surface area contributed by atoms with Crippen molar-refractivity contribution in [2.45, 2.75) is 25.8 Å². The summed E-state index contributed by atoms with van der Waals surface area (Å²) >= 11 is 0. The van der Waals surface area contributed by atoms with E-state index in [2.05, 4.69) is 32.1 Å². The van der Waals surface area contributed by atoms with Crippen molar-refractivity contribution >= 4 is 17.0 Å². The van der Waals surface area contributed by atoms with Crippen LogP contribution in [0.25, 0.3) is 11.2 Å². The van der Waals surface area contributed by atoms with E-state index in [0.717, 1.165) is 30.7 Å². The van der Waals surface area contributed by atoms with Crippen molar-refractivity contribution in [1.82, 2.24) is 24.5 Å². The number of imidazole rings is 1. The molecule has 4 bridgehead atoms. The van der Waals surface area contributed by atoms with Gasteiger partial charge in [-0.1, -0.05) is 18.2 Å². The van der Waals surface area contributed by atoms with Crippen molar-refractivity contribution < 1.29 is 4.74 Å². The minimum atomic E-state index is -0.300. The molecule has 4 rings (SSSR count). The molecule has 0 saturated heterocycles. The summed E-state index contributed by atoms with van der Waals surface area (Å²) in [7, 11) is 0. The Balaban J connectivity index is 1.84. The van der Waals surface area contributed by atoms with E-state index in [1.807, 2.05) is 18.2 Å². The first-order chi connectivity index (χ1) is 12.2. The van der Waals surface area contributed by atoms with Gasteiger partial charge in [0.25, 0.3) is 0 Å². The number of allylic oxidation sites excluding steroid dienone is 1. The number of ether oxygens (including phenoxy) is 1. The zero-order chi connectivity index (χ0) is 17.2. The van der Waals surface area contributed by atoms with Crippen LogP contribution < -0.4 is 16.2 Å². The first-order valence-electron chi connectivity index (χ1n) is 8.19. The SMILES string of the molecule is Nc1nc2nc3c1[nH]c(=O)n3Cc1cccc(n1)CC/C=C\CCO2. The van der Waals surface area contributed by atoms with E-state index in [4.69, 9.17) is 10.5 Å². The maximum atomic E-state index is 12.3. The van der Waals surface area contributed by atoms with Gasteiger partial charge in [0.15, 0.2) is 11.5 Å². The zero-order valence-corrected chi connectivity index (χ0v) is 13.6. The highest BCUT2D eigenvalue weighted by Crippen LogP contribution is 2.18. The largest absolute Gasteiger partial charge is 0.463 e. The predicted molar refractivity (Wildman–Crippen MR) is 93.5 cm³/mol. The van der Waals surface area contributed by atoms with Crippen LogP contribution in [0.15, 0.2) is 35.1 Å². The Labute approximate surface area is 143 Å². The van der Waals surface area contributed by atoms with E-state index in [1.165, 1.54) is 4.57 Å². The topological polar surface area (TPSA) is 112 Å². The number of aromatic nitrogens is 5. The third kappa shape index (κ3) is 3.10. The van der Waals surface area contributed by atoms with Crippen LogP contribution in [0, 0.1) is 0 Å². The van der Waals surface area contributed by atoms with Gasteiger partial charge in [-0.05, 0) is 31.4 Å². The number of nitrogens with one attached hydrogen (secondary N) is 1. The van der Waals surface area contributed by atoms with Gasteiger partial charge in [-0.25, -0.2) is 4.79 Å². The Morgan fingerprint density at radius 3 is 2.88 bits per heavy atom. The quantitative estimate of drug-likeness (QED) is 0.600. The van der Waals surface area contributed by atoms with Crippen molar-refractivity contribution in [3.05, 3.63) is 52.2 Å². The molecule has 25 heavy (non-hydrogen) atoms. The van der Waals surface area contributed by atoms with Gasteiger partial charge in [0.1, 0.15) is 5.52 Å². The number of hydrogen-bond acceptors (Lipinski definition) is 6. The normalized spacial score (nSPS) is 16.2. The van der Waals surface area contributed by atoms with Crippen LogP contribution in [0.2, 0.25) is 0 Å². The fourth-order valence-electron chi connectivity index (χ4n) is 2.85. The van der Waals surface area contributed by atoms with Gasteiger partial charge in [-0.2, -0.15) is 9.97 Å². The molecule has 128 valence electrons. The molecule has 1 aliphatic heterocycles. The lowest BCUT2D eigenvalue weighted by atomic mass is 10.2. The van der Waals surface area contributed by atoms with E-state index in [-0.39, 0.29) is 17.5 Å². The van der Waals surface area contributed by atoms with Gasteiger partial charge in [0.05, 0.1) is 18.8 Å². The number of hydrogen-bond donors (Lipinski definition) is 2. The van der Waals surface area contributed by atoms with E-state index in [9.17, 15) is 4.79 Å². The summed E-state index contributed by atoms with van der Waals surface area (Å²) in [6.45, 7) is 0.751. The minimum Gasteiger partial charge on any atom is -0.463 e. The van der Waals surface area contributed by atoms with Crippen molar-refractivity contribution in [3.8, 4) is 6.01 Å². The minimum absolute atomic E-state index is 0.169. The predicted octanol–water partition coefficient (Wildman–Crippen LogP) is 1.42. The Kier molecular flexibility index (Phi) is 3.93. The second-order valence-corrected chi connectivity index (χ2v) is 5.87. The fourth-order valence-corrected chi connectivity index (χ4v) is 2.85. The van der Waals surface area contributed by atoms with Crippen LogP contribution in [0.1, 0.15) is 24.2 Å². The van der Waals surface area contributed by atoms with Gasteiger partial charge in [0.2, 0.25) is 0 Å². The van der Waals surface area contributed by atoms with Crippen molar-refractivity contribution in [3.63, 3.8) is 0 Å². The molecule has 0 fully saturated rings. The number of aryl methyl sites for hydroxylation is 1. The second-order valence-electron chi connectivity index (χ2n) is 5.87. The smallest absolute Gasteiger partial charge is 0.328 e. The highest BCUT2D eigenvalue weighted by molar-refractivity contribution is 5.81. The molecule has 0 spiro atoms. The van der Waals surface area contributed by atoms with E-state index >= 15 is 0 Å². The summed E-state index contributed by atoms with van der Waals surface area (Å²) in [4.78, 5) is 28.2. The van der Waals surface area contributed by atoms with Gasteiger partial charge >= 0.3 is 11.7 Å². The number of rotatable bonds is 0. The molecule has 3 aromatic rings. The number of aromatic amines is 1. The van der Waals surface area contributed by atoms with Crippen LogP contribution in [-0.4, -0.2) is 31.1 Å². The van der Waals surface area contributed by atoms with Crippen molar-refractivity contribution in [1.29, 1.82) is 0 Å². The molecule has 0 radical (unpaired) electrons. The third-order valence-corrected chi connectivity index (χ3v) is 4.06. The summed E-state index contributed by atoms with van der Waals surface area (Å²) in [5.74, 6) is 0.192. The number of pyridine rings is 1. The molecule has 1 aliphatic rings. The van der Waals surface area contributed by atoms with Gasteiger partial charge < -0.3 is 15.5 Å². The molecule has 0 aliphatic carbocycles. The molecule has 8 heteroatoms. The van der Waals surface area contributed by atoms with Crippen LogP contribution in [0.4, 0.5) is 5.82 Å². The standard InChI is InChI=1S/C17H18N6O2/c18-14-13-15-22-16(21-14)25-9-4-2-1-3-6-11-7-5-8-12(19-11)10-23(15)17(24)20-13/h1-2,5,7-8H,3-4,6,9-10H2,(H,20,24)(H2,18,21,22)/b2-1-. The lowest BCUT2D eigenvalue weighted by Crippen LogP contribution is -2.18. The summed E-state index contributed by atoms with van der Waals surface area (Å²) < 4.78 is 7.09. The number of H-pyrrole nitrogens is 1. The lowest BCUT2D eigenvalue weighted by molar-refractivity contribution is 0.300. The maximum Gasteiger partial charge on any atom is 0.328 e. The second kappa shape index (κ2) is 6.39. The highest BCUT2D eigenvalue weighted by atomic mass is 16.5. The molecule has 3 N–H and O–H groups in total. The molecule has 0 saturated carbocycles. The van der Waals surface area contributed by atoms with E-state index in [0.29, 0.717) is 24.3 Å². The van der Waals surface area contributed by atoms with Crippen LogP contribution >= 0.6 is 0 Å². The number of anilines is 1. The molecule has 0 atom stereocenters. The zero-order valence-electron chi connectivity index (χ0n) is 13.6. The van der Waals surface area contributed by atoms with E-state index in [1.54, 1.807) is 0 Å². The molecule has 4 heterocycles. The van der Waals surface area contributed by atoms with Crippen LogP contribution in [0.3, 0.4) is 0 Å². The number of nitrogen functional groups attached to an aromatic ring is 1. The van der Waals surface area contributed by atoms with Crippen LogP contribution in [0.5, 0.6) is 6.01 Å². The molecular formula is C17H18N6O2. The summed E-state index contributed by atoms with van der Waals surface area (Å²) in [6.07, 6.45) is 6.68. The first-order valence-corrected chi connectivity index (χ1v) is 8.19. The molecular weight excluding hydrogens is 320 g/mol. The average Bonchev–Trinajstić information content (AvgIpc) is 2.90. The lowest BCUT2D eigenvalue weighted by Gasteiger charge is -2.06. The molecule has 0 aromatic carbocycles. The Morgan fingerprint density at radius 2 is 1.96 bits per heavy atom. The van der Waals surface area contributed by atoms with Crippen molar-refractivity contribution in [2.24, 2.45) is 0 Å². The third-order valence-electron chi connectivity index (χ3n) is 4.06. The van der Waals surface area contributed by atoms with Crippen molar-refractivity contribution in [2.75, 3.05) is 12.3 Å². The Morgan fingerprint density at radius 1 is 1.12 bits per heavy atom. The Bertz CT molecular complexity index is 1000. The fraction of sp³-hybridized carbons (Fsp3) is 0.294. The van der Waals surface area contributed by atoms with Gasteiger partial charge in [-0.15, -0.1) is 0 Å². The summed E-state index contributed by atoms with van der Waals surface area (Å²) in [6, 6.07) is 6.01. The van der Waals surface area contributed by atoms with Gasteiger partial charge in [-0.3, -0.25) is 9.55 Å². The van der Waals surface area contributed by atoms with E-state index < -0.39 is 0 Å². The summed E-state index contributed by atoms with van der Waals surface area (Å²) in [5.41, 5.74) is 8.28. The molecule has 0 unspecified atom stereocenters. The number of nitrogens with zero attached hydrogens (tertiary/aromatic N) is 4.